The number of nitrogens with zero attached hydrogens (tertiary/aromatic N) is 2. The number of ether oxygens (including phenoxy) is 1. The van der Waals surface area contributed by atoms with Crippen molar-refractivity contribution in [3.05, 3.63) is 87.8 Å². The number of pyridine rings is 1. The maximum absolute atomic E-state index is 13.2. The number of fused-ring (bicyclic) bond motifs is 2. The van der Waals surface area contributed by atoms with E-state index in [-0.39, 0.29) is 11.4 Å². The Balaban J connectivity index is 1.33. The molecule has 5 rings (SSSR count). The van der Waals surface area contributed by atoms with Gasteiger partial charge < -0.3 is 10.1 Å². The Bertz CT molecular complexity index is 1440. The van der Waals surface area contributed by atoms with Crippen LogP contribution in [0.2, 0.25) is 0 Å². The normalized spacial score (nSPS) is 13.5. The molecule has 0 atom stereocenters. The average Bonchev–Trinajstić information content (AvgIpc) is 3.22. The van der Waals surface area contributed by atoms with E-state index in [0.717, 1.165) is 60.7 Å². The van der Waals surface area contributed by atoms with Crippen LogP contribution >= 0.6 is 0 Å². The van der Waals surface area contributed by atoms with Crippen LogP contribution < -0.4 is 10.9 Å². The highest BCUT2D eigenvalue weighted by atomic mass is 16.5. The maximum atomic E-state index is 13.2. The summed E-state index contributed by atoms with van der Waals surface area (Å²) in [6, 6.07) is 17.8. The van der Waals surface area contributed by atoms with E-state index in [9.17, 15) is 14.4 Å². The second kappa shape index (κ2) is 9.97. The van der Waals surface area contributed by atoms with Crippen LogP contribution in [-0.4, -0.2) is 33.2 Å². The van der Waals surface area contributed by atoms with Crippen molar-refractivity contribution in [2.24, 2.45) is 0 Å². The van der Waals surface area contributed by atoms with E-state index < -0.39 is 18.5 Å². The third kappa shape index (κ3) is 4.87. The van der Waals surface area contributed by atoms with E-state index in [1.165, 1.54) is 10.7 Å². The number of aromatic nitrogens is 3. The molecular weight excluding hydrogens is 444 g/mol. The first-order valence-corrected chi connectivity index (χ1v) is 11.8. The van der Waals surface area contributed by atoms with Crippen LogP contribution in [0.15, 0.2) is 65.5 Å². The summed E-state index contributed by atoms with van der Waals surface area (Å²) < 4.78 is 6.77. The van der Waals surface area contributed by atoms with E-state index in [4.69, 9.17) is 9.72 Å². The van der Waals surface area contributed by atoms with Gasteiger partial charge in [0.25, 0.3) is 11.5 Å². The lowest BCUT2D eigenvalue weighted by molar-refractivity contribution is -0.119. The molecule has 0 spiro atoms. The molecule has 2 aromatic carbocycles. The third-order valence-electron chi connectivity index (χ3n) is 6.22. The number of H-pyrrole nitrogens is 1. The third-order valence-corrected chi connectivity index (χ3v) is 6.22. The van der Waals surface area contributed by atoms with Crippen LogP contribution in [0.4, 0.5) is 5.82 Å². The van der Waals surface area contributed by atoms with Crippen molar-refractivity contribution < 1.29 is 14.3 Å². The quantitative estimate of drug-likeness (QED) is 0.426. The van der Waals surface area contributed by atoms with Crippen LogP contribution in [0, 0.1) is 0 Å². The molecule has 0 unspecified atom stereocenters. The number of aryl methyl sites for hydroxylation is 1. The largest absolute Gasteiger partial charge is 0.452 e. The van der Waals surface area contributed by atoms with E-state index in [0.29, 0.717) is 11.3 Å². The summed E-state index contributed by atoms with van der Waals surface area (Å²) >= 11 is 0. The van der Waals surface area contributed by atoms with Gasteiger partial charge in [-0.1, -0.05) is 49.2 Å². The Morgan fingerprint density at radius 1 is 0.971 bits per heavy atom. The van der Waals surface area contributed by atoms with Gasteiger partial charge in [-0.05, 0) is 49.4 Å². The molecule has 1 aliphatic carbocycles. The van der Waals surface area contributed by atoms with Gasteiger partial charge in [0.2, 0.25) is 0 Å². The Morgan fingerprint density at radius 3 is 2.54 bits per heavy atom. The molecule has 0 saturated heterocycles. The van der Waals surface area contributed by atoms with Gasteiger partial charge in [-0.25, -0.2) is 9.48 Å². The maximum Gasteiger partial charge on any atom is 0.339 e. The lowest BCUT2D eigenvalue weighted by Gasteiger charge is -2.18. The van der Waals surface area contributed by atoms with Crippen molar-refractivity contribution in [3.8, 4) is 5.69 Å². The number of nitrogens with one attached hydrogen (secondary N) is 2. The zero-order chi connectivity index (χ0) is 24.2. The molecule has 4 aromatic rings. The second-order valence-electron chi connectivity index (χ2n) is 8.65. The molecule has 0 bridgehead atoms. The van der Waals surface area contributed by atoms with Gasteiger partial charge in [-0.2, -0.15) is 0 Å². The first kappa shape index (κ1) is 22.6. The Kier molecular flexibility index (Phi) is 6.43. The zero-order valence-corrected chi connectivity index (χ0v) is 19.3. The number of carbonyl (C=O) groups is 2. The number of para-hydroxylation sites is 2. The van der Waals surface area contributed by atoms with Crippen LogP contribution in [0.25, 0.3) is 16.6 Å². The smallest absolute Gasteiger partial charge is 0.339 e. The standard InChI is InChI=1S/C27H26N4O4/c32-24(29-23-16-25(33)31(30-23)18-10-4-3-5-11-18)17-35-27(34)26-19-12-6-1-2-7-14-21(19)28-22-15-9-8-13-20(22)26/h3-5,8-11,13,15-16,30H,1-2,6-7,12,14,17H2,(H,29,32). The number of benzene rings is 2. The van der Waals surface area contributed by atoms with Gasteiger partial charge in [0, 0.05) is 17.1 Å². The Morgan fingerprint density at radius 2 is 1.71 bits per heavy atom. The predicted molar refractivity (Wildman–Crippen MR) is 133 cm³/mol. The van der Waals surface area contributed by atoms with Crippen molar-refractivity contribution >= 4 is 28.6 Å². The number of rotatable bonds is 5. The number of amides is 1. The van der Waals surface area contributed by atoms with Crippen molar-refractivity contribution in [2.45, 2.75) is 38.5 Å². The molecule has 2 heterocycles. The van der Waals surface area contributed by atoms with Crippen molar-refractivity contribution in [2.75, 3.05) is 11.9 Å². The first-order chi connectivity index (χ1) is 17.1. The number of carbonyl (C=O) groups excluding carboxylic acids is 2. The van der Waals surface area contributed by atoms with E-state index in [2.05, 4.69) is 10.4 Å². The number of esters is 1. The topological polar surface area (TPSA) is 106 Å². The molecule has 1 amide bonds. The molecule has 178 valence electrons. The SMILES string of the molecule is O=C(COC(=O)c1c2c(nc3ccccc13)CCCCCC2)Nc1cc(=O)n(-c2ccccc2)[nH]1. The molecule has 1 aliphatic rings. The average molecular weight is 471 g/mol. The summed E-state index contributed by atoms with van der Waals surface area (Å²) in [5, 5.41) is 6.18. The van der Waals surface area contributed by atoms with Gasteiger partial charge in [0.15, 0.2) is 6.61 Å². The fourth-order valence-electron chi connectivity index (χ4n) is 4.58. The molecule has 2 aromatic heterocycles. The van der Waals surface area contributed by atoms with Crippen molar-refractivity contribution in [3.63, 3.8) is 0 Å². The monoisotopic (exact) mass is 470 g/mol. The highest BCUT2D eigenvalue weighted by molar-refractivity contribution is 6.06. The minimum Gasteiger partial charge on any atom is -0.452 e. The lowest BCUT2D eigenvalue weighted by Crippen LogP contribution is -2.22. The van der Waals surface area contributed by atoms with Gasteiger partial charge in [-0.15, -0.1) is 0 Å². The van der Waals surface area contributed by atoms with Crippen LogP contribution in [0.1, 0.15) is 47.3 Å². The highest BCUT2D eigenvalue weighted by Gasteiger charge is 2.23. The Hall–Kier alpha value is -4.20. The van der Waals surface area contributed by atoms with E-state index >= 15 is 0 Å². The number of hydrogen-bond donors (Lipinski definition) is 2. The molecule has 35 heavy (non-hydrogen) atoms. The molecule has 0 fully saturated rings. The first-order valence-electron chi connectivity index (χ1n) is 11.8. The molecule has 8 heteroatoms. The van der Waals surface area contributed by atoms with Gasteiger partial charge in [0.05, 0.1) is 16.8 Å². The molecule has 0 aliphatic heterocycles. The minimum atomic E-state index is -0.541. The molecule has 2 N–H and O–H groups in total. The summed E-state index contributed by atoms with van der Waals surface area (Å²) in [5.41, 5.74) is 3.46. The van der Waals surface area contributed by atoms with Gasteiger partial charge in [0.1, 0.15) is 5.82 Å². The fraction of sp³-hybridized carbons (Fsp3) is 0.259. The molecule has 0 saturated carbocycles. The van der Waals surface area contributed by atoms with Crippen molar-refractivity contribution in [1.82, 2.24) is 14.8 Å². The van der Waals surface area contributed by atoms with Crippen molar-refractivity contribution in [1.29, 1.82) is 0 Å². The highest BCUT2D eigenvalue weighted by Crippen LogP contribution is 2.29. The summed E-state index contributed by atoms with van der Waals surface area (Å²) in [4.78, 5) is 42.9. The molecular formula is C27H26N4O4. The van der Waals surface area contributed by atoms with E-state index in [1.807, 2.05) is 42.5 Å². The zero-order valence-electron chi connectivity index (χ0n) is 19.3. The summed E-state index contributed by atoms with van der Waals surface area (Å²) in [6.07, 6.45) is 5.88. The van der Waals surface area contributed by atoms with Crippen LogP contribution in [0.3, 0.4) is 0 Å². The Labute approximate surface area is 201 Å². The minimum absolute atomic E-state index is 0.222. The van der Waals surface area contributed by atoms with Gasteiger partial charge >= 0.3 is 5.97 Å². The predicted octanol–water partition coefficient (Wildman–Crippen LogP) is 4.17. The van der Waals surface area contributed by atoms with Crippen LogP contribution in [-0.2, 0) is 22.4 Å². The molecule has 0 radical (unpaired) electrons. The fourth-order valence-corrected chi connectivity index (χ4v) is 4.58. The number of aromatic amines is 1. The lowest BCUT2D eigenvalue weighted by atomic mass is 9.91. The van der Waals surface area contributed by atoms with Crippen LogP contribution in [0.5, 0.6) is 0 Å². The number of anilines is 1. The molecule has 8 nitrogen and oxygen atoms in total. The summed E-state index contributed by atoms with van der Waals surface area (Å²) in [6.45, 7) is -0.469. The summed E-state index contributed by atoms with van der Waals surface area (Å²) in [7, 11) is 0. The van der Waals surface area contributed by atoms with Gasteiger partial charge in [-0.3, -0.25) is 19.7 Å². The van der Waals surface area contributed by atoms with E-state index in [1.54, 1.807) is 12.1 Å². The summed E-state index contributed by atoms with van der Waals surface area (Å²) in [5.74, 6) is -0.855. The second-order valence-corrected chi connectivity index (χ2v) is 8.65. The number of hydrogen-bond acceptors (Lipinski definition) is 5.